The Hall–Kier alpha value is 1.86. The second-order valence-corrected chi connectivity index (χ2v) is 1.38. The van der Waals surface area contributed by atoms with Gasteiger partial charge in [-0.3, -0.25) is 18.2 Å². The van der Waals surface area contributed by atoms with Gasteiger partial charge in [-0.05, 0) is 0 Å². The van der Waals surface area contributed by atoms with Gasteiger partial charge < -0.3 is 38.3 Å². The normalized spacial score (nSPS) is 4.12. The van der Waals surface area contributed by atoms with E-state index in [0.29, 0.717) is 0 Å². The van der Waals surface area contributed by atoms with Crippen molar-refractivity contribution in [2.45, 2.75) is 0 Å². The maximum atomic E-state index is 8.67. The number of rotatable bonds is 0. The quantitative estimate of drug-likeness (QED) is 0.245. The molecule has 17 heteroatoms. The summed E-state index contributed by atoms with van der Waals surface area (Å²) in [7, 11) is 0. The van der Waals surface area contributed by atoms with Crippen LogP contribution in [-0.4, -0.2) is 124 Å². The van der Waals surface area contributed by atoms with Crippen LogP contribution >= 0.6 is 0 Å². The van der Waals surface area contributed by atoms with E-state index in [2.05, 4.69) is 0 Å². The van der Waals surface area contributed by atoms with Crippen LogP contribution in [0.3, 0.4) is 0 Å². The summed E-state index contributed by atoms with van der Waals surface area (Å²) < 4.78 is 45.7. The molecule has 17 heavy (non-hydrogen) atoms. The van der Waals surface area contributed by atoms with Gasteiger partial charge in [0.05, 0.1) is 0 Å². The first-order valence-corrected chi connectivity index (χ1v) is 3.19. The van der Waals surface area contributed by atoms with E-state index < -0.39 is 22.7 Å². The SMILES string of the molecule is O.O.O.O.O.O.O.O=S(O)O.O=S(O)O.[NaH].[NaH]. The Morgan fingerprint density at radius 2 is 0.471 bits per heavy atom. The average Bonchev–Trinajstić information content (AvgIpc) is 1.25. The molecule has 0 bridgehead atoms. The van der Waals surface area contributed by atoms with Gasteiger partial charge in [0.15, 0.2) is 0 Å². The van der Waals surface area contributed by atoms with Crippen molar-refractivity contribution in [3.63, 3.8) is 0 Å². The average molecular weight is 338 g/mol. The summed E-state index contributed by atoms with van der Waals surface area (Å²) in [5.41, 5.74) is 0. The van der Waals surface area contributed by atoms with Crippen LogP contribution in [0.15, 0.2) is 0 Å². The molecule has 0 atom stereocenters. The topological polar surface area (TPSA) is 336 Å². The first-order valence-electron chi connectivity index (χ1n) is 1.06. The van der Waals surface area contributed by atoms with E-state index in [0.717, 1.165) is 0 Å². The van der Waals surface area contributed by atoms with Crippen molar-refractivity contribution in [2.75, 3.05) is 0 Å². The molecule has 0 aliphatic rings. The van der Waals surface area contributed by atoms with E-state index in [1.54, 1.807) is 0 Å². The van der Waals surface area contributed by atoms with Crippen LogP contribution < -0.4 is 0 Å². The van der Waals surface area contributed by atoms with Crippen molar-refractivity contribution in [1.29, 1.82) is 0 Å². The van der Waals surface area contributed by atoms with Crippen molar-refractivity contribution in [2.24, 2.45) is 0 Å². The molecular weight excluding hydrogens is 318 g/mol. The molecule has 0 saturated carbocycles. The zero-order valence-corrected chi connectivity index (χ0v) is 8.55. The Bertz CT molecular complexity index is 75.4. The molecule has 0 aromatic carbocycles. The first kappa shape index (κ1) is 97.4. The van der Waals surface area contributed by atoms with Gasteiger partial charge in [0.25, 0.3) is 22.7 Å². The molecule has 0 aromatic rings. The fourth-order valence-electron chi connectivity index (χ4n) is 0. The van der Waals surface area contributed by atoms with E-state index in [1.807, 2.05) is 0 Å². The molecule has 0 aliphatic carbocycles. The van der Waals surface area contributed by atoms with Gasteiger partial charge in [-0.2, -0.15) is 8.42 Å². The minimum atomic E-state index is -2.61. The fraction of sp³-hybridized carbons (Fsp3) is 0. The Labute approximate surface area is 145 Å². The van der Waals surface area contributed by atoms with Gasteiger partial charge in [0.2, 0.25) is 0 Å². The van der Waals surface area contributed by atoms with Crippen molar-refractivity contribution in [1.82, 2.24) is 0 Å². The summed E-state index contributed by atoms with van der Waals surface area (Å²) in [6.07, 6.45) is 0. The summed E-state index contributed by atoms with van der Waals surface area (Å²) in [5, 5.41) is 0. The van der Waals surface area contributed by atoms with Gasteiger partial charge in [0.1, 0.15) is 0 Å². The van der Waals surface area contributed by atoms with Gasteiger partial charge >= 0.3 is 59.1 Å². The zero-order chi connectivity index (χ0) is 7.15. The molecule has 0 radical (unpaired) electrons. The second kappa shape index (κ2) is 82.2. The van der Waals surface area contributed by atoms with E-state index >= 15 is 0 Å². The third kappa shape index (κ3) is 1300. The molecule has 0 fully saturated rings. The molecule has 18 N–H and O–H groups in total. The molecule has 13 nitrogen and oxygen atoms in total. The molecule has 0 unspecified atom stereocenters. The number of hydrogen-bond donors (Lipinski definition) is 4. The third-order valence-corrected chi connectivity index (χ3v) is 0. The van der Waals surface area contributed by atoms with Gasteiger partial charge in [-0.25, -0.2) is 0 Å². The van der Waals surface area contributed by atoms with Crippen LogP contribution in [0.4, 0.5) is 0 Å². The first-order chi connectivity index (χ1) is 3.46. The summed E-state index contributed by atoms with van der Waals surface area (Å²) in [5.74, 6) is 0. The van der Waals surface area contributed by atoms with E-state index in [9.17, 15) is 0 Å². The predicted octanol–water partition coefficient (Wildman–Crippen LogP) is -7.71. The molecule has 0 aliphatic heterocycles. The maximum absolute atomic E-state index is 8.67. The van der Waals surface area contributed by atoms with Crippen molar-refractivity contribution in [3.8, 4) is 0 Å². The van der Waals surface area contributed by atoms with Crippen molar-refractivity contribution in [3.05, 3.63) is 0 Å². The zero-order valence-electron chi connectivity index (χ0n) is 6.92. The van der Waals surface area contributed by atoms with Crippen LogP contribution in [0, 0.1) is 0 Å². The molecule has 0 amide bonds. The van der Waals surface area contributed by atoms with E-state index in [4.69, 9.17) is 26.6 Å². The monoisotopic (exact) mass is 338 g/mol. The van der Waals surface area contributed by atoms with Crippen LogP contribution in [0.5, 0.6) is 0 Å². The second-order valence-electron chi connectivity index (χ2n) is 0.461. The van der Waals surface area contributed by atoms with Crippen molar-refractivity contribution < 1.29 is 65.0 Å². The van der Waals surface area contributed by atoms with Crippen LogP contribution in [0.2, 0.25) is 0 Å². The fourth-order valence-corrected chi connectivity index (χ4v) is 0. The molecule has 0 spiro atoms. The third-order valence-electron chi connectivity index (χ3n) is 0. The van der Waals surface area contributed by atoms with Gasteiger partial charge in [0, 0.05) is 0 Å². The molecule has 112 valence electrons. The Morgan fingerprint density at radius 3 is 0.471 bits per heavy atom. The van der Waals surface area contributed by atoms with Gasteiger partial charge in [-0.1, -0.05) is 0 Å². The Morgan fingerprint density at radius 1 is 0.471 bits per heavy atom. The minimum absolute atomic E-state index is 0. The molecule has 0 aromatic heterocycles. The summed E-state index contributed by atoms with van der Waals surface area (Å²) in [6, 6.07) is 0. The predicted molar refractivity (Wildman–Crippen MR) is 66.4 cm³/mol. The van der Waals surface area contributed by atoms with E-state index in [-0.39, 0.29) is 97.4 Å². The van der Waals surface area contributed by atoms with Crippen LogP contribution in [0.25, 0.3) is 0 Å². The summed E-state index contributed by atoms with van der Waals surface area (Å²) in [4.78, 5) is 0. The van der Waals surface area contributed by atoms with Gasteiger partial charge in [-0.15, -0.1) is 0 Å². The Balaban J connectivity index is -0.00000000308. The van der Waals surface area contributed by atoms with E-state index in [1.165, 1.54) is 0 Å². The standard InChI is InChI=1S/2Na.2H2O3S.7H2O.2H/c;;2*1-4(2)3;;;;;;;;;/h;;2*(H2,1,2,3);7*1H2;;. The van der Waals surface area contributed by atoms with Crippen molar-refractivity contribution >= 4 is 81.8 Å². The Kier molecular flexibility index (Phi) is 471. The molecular formula is H20Na2O13S2. The molecule has 0 heterocycles. The summed E-state index contributed by atoms with van der Waals surface area (Å²) >= 11 is -5.22. The summed E-state index contributed by atoms with van der Waals surface area (Å²) in [6.45, 7) is 0. The van der Waals surface area contributed by atoms with Crippen LogP contribution in [0.1, 0.15) is 0 Å². The molecule has 0 saturated heterocycles. The molecule has 0 rings (SSSR count). The number of hydrogen-bond acceptors (Lipinski definition) is 2. The van der Waals surface area contributed by atoms with Crippen LogP contribution in [-0.2, 0) is 22.7 Å².